The van der Waals surface area contributed by atoms with Gasteiger partial charge in [0.25, 0.3) is 0 Å². The molecule has 0 spiro atoms. The highest BCUT2D eigenvalue weighted by Gasteiger charge is 2.46. The average Bonchev–Trinajstić information content (AvgIpc) is 3.36. The third kappa shape index (κ3) is 3.18. The quantitative estimate of drug-likeness (QED) is 0.905. The Morgan fingerprint density at radius 1 is 1.36 bits per heavy atom. The van der Waals surface area contributed by atoms with Gasteiger partial charge in [-0.15, -0.1) is 0 Å². The monoisotopic (exact) mass is 340 g/mol. The van der Waals surface area contributed by atoms with E-state index in [2.05, 4.69) is 50.7 Å². The molecule has 6 heteroatoms. The average molecular weight is 340 g/mol. The summed E-state index contributed by atoms with van der Waals surface area (Å²) >= 11 is 0. The second-order valence-electron chi connectivity index (χ2n) is 6.94. The Morgan fingerprint density at radius 3 is 3.00 bits per heavy atom. The molecule has 3 heterocycles. The lowest BCUT2D eigenvalue weighted by molar-refractivity contribution is -0.120. The van der Waals surface area contributed by atoms with Crippen molar-refractivity contribution in [2.24, 2.45) is 0 Å². The normalized spacial score (nSPS) is 25.9. The molecule has 0 saturated carbocycles. The molecule has 2 aliphatic rings. The zero-order valence-corrected chi connectivity index (χ0v) is 14.5. The van der Waals surface area contributed by atoms with E-state index in [1.807, 2.05) is 0 Å². The summed E-state index contributed by atoms with van der Waals surface area (Å²) in [6.07, 6.45) is 4.33. The Balaban J connectivity index is 1.51. The summed E-state index contributed by atoms with van der Waals surface area (Å²) in [5.41, 5.74) is 1.38. The highest BCUT2D eigenvalue weighted by molar-refractivity contribution is 5.75. The Kier molecular flexibility index (Phi) is 4.53. The van der Waals surface area contributed by atoms with Crippen molar-refractivity contribution in [3.05, 3.63) is 47.6 Å². The standard InChI is InChI=1S/C19H24N4O2/c1-20-17(24)9-10-18-21-19(22-25-18)14-12-16(13-6-3-2-4-7-13)23-11-5-8-15(14)23/h2-4,6-7,14-16H,5,8-12H2,1H3,(H,20,24)/t14-,15+,16-/m1/s1. The van der Waals surface area contributed by atoms with Gasteiger partial charge in [0.15, 0.2) is 5.82 Å². The van der Waals surface area contributed by atoms with Crippen molar-refractivity contribution in [3.8, 4) is 0 Å². The van der Waals surface area contributed by atoms with Gasteiger partial charge in [0, 0.05) is 37.9 Å². The van der Waals surface area contributed by atoms with Crippen molar-refractivity contribution in [2.75, 3.05) is 13.6 Å². The highest BCUT2D eigenvalue weighted by Crippen LogP contribution is 2.48. The van der Waals surface area contributed by atoms with Crippen molar-refractivity contribution >= 4 is 5.91 Å². The number of carbonyl (C=O) groups is 1. The molecule has 2 aromatic rings. The molecule has 6 nitrogen and oxygen atoms in total. The van der Waals surface area contributed by atoms with Gasteiger partial charge in [0.1, 0.15) is 0 Å². The fraction of sp³-hybridized carbons (Fsp3) is 0.526. The molecule has 0 aliphatic carbocycles. The number of hydrogen-bond donors (Lipinski definition) is 1. The Hall–Kier alpha value is -2.21. The smallest absolute Gasteiger partial charge is 0.227 e. The minimum absolute atomic E-state index is 0.00766. The van der Waals surface area contributed by atoms with Gasteiger partial charge in [-0.2, -0.15) is 4.98 Å². The van der Waals surface area contributed by atoms with E-state index >= 15 is 0 Å². The third-order valence-corrected chi connectivity index (χ3v) is 5.53. The van der Waals surface area contributed by atoms with E-state index in [0.29, 0.717) is 36.7 Å². The zero-order valence-electron chi connectivity index (χ0n) is 14.5. The van der Waals surface area contributed by atoms with Crippen LogP contribution in [0.1, 0.15) is 54.9 Å². The predicted octanol–water partition coefficient (Wildman–Crippen LogP) is 2.44. The second kappa shape index (κ2) is 6.96. The largest absolute Gasteiger partial charge is 0.359 e. The Labute approximate surface area is 147 Å². The Morgan fingerprint density at radius 2 is 2.20 bits per heavy atom. The molecular weight excluding hydrogens is 316 g/mol. The van der Waals surface area contributed by atoms with Gasteiger partial charge in [-0.05, 0) is 31.4 Å². The van der Waals surface area contributed by atoms with Crippen molar-refractivity contribution in [1.29, 1.82) is 0 Å². The summed E-state index contributed by atoms with van der Waals surface area (Å²) in [5, 5.41) is 6.86. The van der Waals surface area contributed by atoms with Gasteiger partial charge >= 0.3 is 0 Å². The van der Waals surface area contributed by atoms with Gasteiger partial charge in [-0.3, -0.25) is 9.69 Å². The van der Waals surface area contributed by atoms with Crippen LogP contribution in [0.25, 0.3) is 0 Å². The molecule has 0 unspecified atom stereocenters. The first-order valence-corrected chi connectivity index (χ1v) is 9.10. The van der Waals surface area contributed by atoms with Crippen LogP contribution in [0.4, 0.5) is 0 Å². The predicted molar refractivity (Wildman–Crippen MR) is 93.0 cm³/mol. The van der Waals surface area contributed by atoms with Gasteiger partial charge in [-0.25, -0.2) is 0 Å². The first kappa shape index (κ1) is 16.3. The number of aromatic nitrogens is 2. The first-order chi connectivity index (χ1) is 12.3. The lowest BCUT2D eigenvalue weighted by Crippen LogP contribution is -2.27. The zero-order chi connectivity index (χ0) is 17.2. The van der Waals surface area contributed by atoms with E-state index in [4.69, 9.17) is 4.52 Å². The summed E-state index contributed by atoms with van der Waals surface area (Å²) in [4.78, 5) is 18.6. The number of carbonyl (C=O) groups excluding carboxylic acids is 1. The van der Waals surface area contributed by atoms with Crippen LogP contribution in [-0.4, -0.2) is 40.6 Å². The summed E-state index contributed by atoms with van der Waals surface area (Å²) in [6, 6.07) is 11.6. The van der Waals surface area contributed by atoms with Crippen molar-refractivity contribution in [3.63, 3.8) is 0 Å². The van der Waals surface area contributed by atoms with Gasteiger partial charge in [-0.1, -0.05) is 35.5 Å². The van der Waals surface area contributed by atoms with Crippen LogP contribution in [0, 0.1) is 0 Å². The number of aryl methyl sites for hydroxylation is 1. The number of fused-ring (bicyclic) bond motifs is 1. The molecule has 1 aromatic carbocycles. The van der Waals surface area contributed by atoms with E-state index in [1.165, 1.54) is 18.4 Å². The summed E-state index contributed by atoms with van der Waals surface area (Å²) < 4.78 is 5.40. The molecule has 0 radical (unpaired) electrons. The molecule has 2 fully saturated rings. The second-order valence-corrected chi connectivity index (χ2v) is 6.94. The molecule has 3 atom stereocenters. The molecular formula is C19H24N4O2. The number of nitrogens with zero attached hydrogens (tertiary/aromatic N) is 3. The summed E-state index contributed by atoms with van der Waals surface area (Å²) in [5.74, 6) is 1.67. The molecule has 132 valence electrons. The molecule has 2 saturated heterocycles. The van der Waals surface area contributed by atoms with E-state index in [1.54, 1.807) is 7.05 Å². The SMILES string of the molecule is CNC(=O)CCc1nc([C@@H]2C[C@H](c3ccccc3)N3CCC[C@@H]23)no1. The maximum Gasteiger partial charge on any atom is 0.227 e. The van der Waals surface area contributed by atoms with E-state index in [0.717, 1.165) is 18.8 Å². The summed E-state index contributed by atoms with van der Waals surface area (Å²) in [6.45, 7) is 1.14. The van der Waals surface area contributed by atoms with Crippen molar-refractivity contribution < 1.29 is 9.32 Å². The van der Waals surface area contributed by atoms with Crippen molar-refractivity contribution in [2.45, 2.75) is 50.1 Å². The minimum atomic E-state index is -0.00766. The van der Waals surface area contributed by atoms with E-state index in [-0.39, 0.29) is 5.91 Å². The van der Waals surface area contributed by atoms with Gasteiger partial charge in [0.05, 0.1) is 0 Å². The topological polar surface area (TPSA) is 71.3 Å². The van der Waals surface area contributed by atoms with Crippen LogP contribution in [0.2, 0.25) is 0 Å². The lowest BCUT2D eigenvalue weighted by Gasteiger charge is -2.24. The fourth-order valence-corrected chi connectivity index (χ4v) is 4.31. The van der Waals surface area contributed by atoms with Crippen LogP contribution in [0.3, 0.4) is 0 Å². The molecule has 1 aromatic heterocycles. The minimum Gasteiger partial charge on any atom is -0.359 e. The van der Waals surface area contributed by atoms with Crippen LogP contribution in [0.15, 0.2) is 34.9 Å². The number of hydrogen-bond acceptors (Lipinski definition) is 5. The number of amides is 1. The van der Waals surface area contributed by atoms with E-state index in [9.17, 15) is 4.79 Å². The maximum absolute atomic E-state index is 11.4. The molecule has 25 heavy (non-hydrogen) atoms. The molecule has 2 aliphatic heterocycles. The fourth-order valence-electron chi connectivity index (χ4n) is 4.31. The summed E-state index contributed by atoms with van der Waals surface area (Å²) in [7, 11) is 1.64. The molecule has 0 bridgehead atoms. The highest BCUT2D eigenvalue weighted by atomic mass is 16.5. The van der Waals surface area contributed by atoms with Gasteiger partial charge < -0.3 is 9.84 Å². The number of rotatable bonds is 5. The van der Waals surface area contributed by atoms with Crippen LogP contribution < -0.4 is 5.32 Å². The number of benzene rings is 1. The first-order valence-electron chi connectivity index (χ1n) is 9.10. The van der Waals surface area contributed by atoms with Crippen LogP contribution >= 0.6 is 0 Å². The van der Waals surface area contributed by atoms with Crippen LogP contribution in [0.5, 0.6) is 0 Å². The lowest BCUT2D eigenvalue weighted by atomic mass is 9.94. The van der Waals surface area contributed by atoms with E-state index < -0.39 is 0 Å². The molecule has 1 amide bonds. The third-order valence-electron chi connectivity index (χ3n) is 5.53. The maximum atomic E-state index is 11.4. The van der Waals surface area contributed by atoms with Crippen LogP contribution in [-0.2, 0) is 11.2 Å². The number of nitrogens with one attached hydrogen (secondary N) is 1. The molecule has 1 N–H and O–H groups in total. The van der Waals surface area contributed by atoms with Crippen molar-refractivity contribution in [1.82, 2.24) is 20.4 Å². The van der Waals surface area contributed by atoms with Gasteiger partial charge in [0.2, 0.25) is 11.8 Å². The Bertz CT molecular complexity index is 730. The molecule has 4 rings (SSSR count).